The Balaban J connectivity index is 1.47. The lowest BCUT2D eigenvalue weighted by Crippen LogP contribution is -2.25. The summed E-state index contributed by atoms with van der Waals surface area (Å²) in [5, 5.41) is 4.08. The molecule has 4 heterocycles. The highest BCUT2D eigenvalue weighted by molar-refractivity contribution is 7.08. The molecule has 2 bridgehead atoms. The molecule has 2 fully saturated rings. The molecule has 0 amide bonds. The van der Waals surface area contributed by atoms with Crippen LogP contribution in [-0.2, 0) is 0 Å². The first-order chi connectivity index (χ1) is 11.3. The van der Waals surface area contributed by atoms with Gasteiger partial charge in [-0.2, -0.15) is 15.7 Å². The second-order valence-electron chi connectivity index (χ2n) is 6.26. The zero-order valence-corrected chi connectivity index (χ0v) is 14.7. The van der Waals surface area contributed by atoms with Crippen molar-refractivity contribution in [2.24, 2.45) is 5.92 Å². The molecule has 4 rings (SSSR count). The van der Waals surface area contributed by atoms with Gasteiger partial charge in [0.15, 0.2) is 6.10 Å². The van der Waals surface area contributed by atoms with Crippen LogP contribution < -0.4 is 4.74 Å². The Labute approximate surface area is 144 Å². The lowest BCUT2D eigenvalue weighted by Gasteiger charge is -2.21. The number of ether oxygens (including phenoxy) is 1. The quantitative estimate of drug-likeness (QED) is 0.801. The van der Waals surface area contributed by atoms with Crippen LogP contribution in [0.25, 0.3) is 0 Å². The lowest BCUT2D eigenvalue weighted by molar-refractivity contribution is 0.262. The van der Waals surface area contributed by atoms with Crippen molar-refractivity contribution in [1.82, 2.24) is 13.6 Å². The van der Waals surface area contributed by atoms with E-state index in [9.17, 15) is 0 Å². The fourth-order valence-electron chi connectivity index (χ4n) is 3.54. The summed E-state index contributed by atoms with van der Waals surface area (Å²) in [6.45, 7) is 5.50. The van der Waals surface area contributed by atoms with Crippen molar-refractivity contribution >= 4 is 23.1 Å². The maximum atomic E-state index is 5.99. The highest BCUT2D eigenvalue weighted by Gasteiger charge is 2.39. The minimum Gasteiger partial charge on any atom is -0.459 e. The molecular formula is C17H19N3OS2. The van der Waals surface area contributed by atoms with Gasteiger partial charge in [-0.15, -0.1) is 4.37 Å². The third kappa shape index (κ3) is 3.27. The van der Waals surface area contributed by atoms with Gasteiger partial charge in [-0.25, -0.2) is 0 Å². The predicted octanol–water partition coefficient (Wildman–Crippen LogP) is 3.23. The summed E-state index contributed by atoms with van der Waals surface area (Å²) in [5.74, 6) is 8.17. The fourth-order valence-corrected chi connectivity index (χ4v) is 4.68. The molecule has 2 saturated heterocycles. The summed E-state index contributed by atoms with van der Waals surface area (Å²) < 4.78 is 14.9. The predicted molar refractivity (Wildman–Crippen MR) is 93.1 cm³/mol. The van der Waals surface area contributed by atoms with Crippen molar-refractivity contribution in [3.63, 3.8) is 0 Å². The van der Waals surface area contributed by atoms with Crippen molar-refractivity contribution in [1.29, 1.82) is 0 Å². The third-order valence-electron chi connectivity index (χ3n) is 4.63. The van der Waals surface area contributed by atoms with Crippen LogP contribution in [-0.4, -0.2) is 39.4 Å². The number of nitrogens with zero attached hydrogens (tertiary/aromatic N) is 3. The summed E-state index contributed by atoms with van der Waals surface area (Å²) in [6.07, 6.45) is 2.42. The van der Waals surface area contributed by atoms with E-state index in [1.165, 1.54) is 37.7 Å². The van der Waals surface area contributed by atoms with Crippen LogP contribution >= 0.6 is 23.1 Å². The first-order valence-corrected chi connectivity index (χ1v) is 9.72. The van der Waals surface area contributed by atoms with Crippen molar-refractivity contribution in [2.75, 3.05) is 19.6 Å². The molecule has 2 aromatic heterocycles. The summed E-state index contributed by atoms with van der Waals surface area (Å²) in [7, 11) is 0. The number of rotatable bonds is 3. The van der Waals surface area contributed by atoms with Gasteiger partial charge in [-0.05, 0) is 43.7 Å². The Morgan fingerprint density at radius 3 is 3.17 bits per heavy atom. The van der Waals surface area contributed by atoms with E-state index in [-0.39, 0.29) is 6.10 Å². The van der Waals surface area contributed by atoms with Crippen LogP contribution in [0.4, 0.5) is 0 Å². The third-order valence-corrected chi connectivity index (χ3v) is 5.84. The molecule has 2 aliphatic rings. The molecule has 6 heteroatoms. The van der Waals surface area contributed by atoms with Gasteiger partial charge in [-0.1, -0.05) is 11.8 Å². The Morgan fingerprint density at radius 1 is 1.39 bits per heavy atom. The van der Waals surface area contributed by atoms with Gasteiger partial charge in [0.2, 0.25) is 0 Å². The molecule has 2 aromatic rings. The maximum absolute atomic E-state index is 5.99. The van der Waals surface area contributed by atoms with Gasteiger partial charge in [-0.3, -0.25) is 0 Å². The number of thiophene rings is 1. The second-order valence-corrected chi connectivity index (χ2v) is 7.57. The minimum atomic E-state index is -0.182. The zero-order chi connectivity index (χ0) is 15.6. The molecule has 0 aliphatic carbocycles. The highest BCUT2D eigenvalue weighted by atomic mass is 32.1. The number of aromatic nitrogens is 2. The average Bonchev–Trinajstić information content (AvgIpc) is 3.27. The first-order valence-electron chi connectivity index (χ1n) is 8.05. The van der Waals surface area contributed by atoms with E-state index in [1.54, 1.807) is 11.3 Å². The highest BCUT2D eigenvalue weighted by Crippen LogP contribution is 2.41. The number of fused-ring (bicyclic) bond motifs is 2. The largest absolute Gasteiger partial charge is 0.459 e. The average molecular weight is 345 g/mol. The molecule has 2 aliphatic heterocycles. The molecule has 0 aromatic carbocycles. The summed E-state index contributed by atoms with van der Waals surface area (Å²) in [6, 6.07) is 2.02. The van der Waals surface area contributed by atoms with Gasteiger partial charge in [0.05, 0.1) is 11.7 Å². The van der Waals surface area contributed by atoms with Crippen LogP contribution in [0.1, 0.15) is 36.9 Å². The maximum Gasteiger partial charge on any atom is 0.250 e. The van der Waals surface area contributed by atoms with E-state index in [0.717, 1.165) is 17.8 Å². The minimum absolute atomic E-state index is 0.182. The summed E-state index contributed by atoms with van der Waals surface area (Å²) in [5.41, 5.74) is 2.09. The SMILES string of the molecule is CC(C#Cc1ccsc1)Oc1nsnc1C1CN2CCCC1C2. The lowest BCUT2D eigenvalue weighted by atomic mass is 9.89. The van der Waals surface area contributed by atoms with E-state index in [2.05, 4.69) is 25.5 Å². The molecule has 0 saturated carbocycles. The Bertz CT molecular complexity index is 716. The molecule has 0 N–H and O–H groups in total. The molecular weight excluding hydrogens is 326 g/mol. The Hall–Kier alpha value is -1.42. The first kappa shape index (κ1) is 15.1. The van der Waals surface area contributed by atoms with Crippen molar-refractivity contribution in [3.8, 4) is 17.7 Å². The van der Waals surface area contributed by atoms with E-state index < -0.39 is 0 Å². The van der Waals surface area contributed by atoms with E-state index >= 15 is 0 Å². The van der Waals surface area contributed by atoms with E-state index in [1.807, 2.05) is 23.8 Å². The van der Waals surface area contributed by atoms with Crippen molar-refractivity contribution in [2.45, 2.75) is 31.8 Å². The van der Waals surface area contributed by atoms with E-state index in [4.69, 9.17) is 4.74 Å². The van der Waals surface area contributed by atoms with Crippen LogP contribution in [0.5, 0.6) is 5.88 Å². The topological polar surface area (TPSA) is 38.3 Å². The summed E-state index contributed by atoms with van der Waals surface area (Å²) in [4.78, 5) is 2.54. The Kier molecular flexibility index (Phi) is 4.34. The molecule has 4 unspecified atom stereocenters. The molecule has 120 valence electrons. The normalized spacial score (nSPS) is 27.3. The molecule has 4 nitrogen and oxygen atoms in total. The monoisotopic (exact) mass is 345 g/mol. The van der Waals surface area contributed by atoms with Gasteiger partial charge >= 0.3 is 0 Å². The van der Waals surface area contributed by atoms with Gasteiger partial charge < -0.3 is 9.64 Å². The number of piperidine rings is 1. The molecule has 4 atom stereocenters. The number of hydrogen-bond donors (Lipinski definition) is 0. The molecule has 0 spiro atoms. The van der Waals surface area contributed by atoms with Gasteiger partial charge in [0.1, 0.15) is 5.69 Å². The van der Waals surface area contributed by atoms with Gasteiger partial charge in [0, 0.05) is 30.0 Å². The zero-order valence-electron chi connectivity index (χ0n) is 13.1. The van der Waals surface area contributed by atoms with Crippen LogP contribution in [0.3, 0.4) is 0 Å². The fraction of sp³-hybridized carbons (Fsp3) is 0.529. The van der Waals surface area contributed by atoms with Crippen LogP contribution in [0.2, 0.25) is 0 Å². The number of hydrogen-bond acceptors (Lipinski definition) is 6. The Morgan fingerprint density at radius 2 is 2.35 bits per heavy atom. The van der Waals surface area contributed by atoms with Gasteiger partial charge in [0.25, 0.3) is 5.88 Å². The molecule has 0 radical (unpaired) electrons. The van der Waals surface area contributed by atoms with E-state index in [0.29, 0.717) is 17.7 Å². The standard InChI is InChI=1S/C17H19N3OS2/c1-12(4-5-13-6-8-22-11-13)21-17-16(18-23-19-17)15-10-20-7-2-3-14(15)9-20/h6,8,11-12,14-15H,2-3,7,9-10H2,1H3. The summed E-state index contributed by atoms with van der Waals surface area (Å²) >= 11 is 2.91. The van der Waals surface area contributed by atoms with Crippen molar-refractivity contribution in [3.05, 3.63) is 28.1 Å². The molecule has 23 heavy (non-hydrogen) atoms. The smallest absolute Gasteiger partial charge is 0.250 e. The van der Waals surface area contributed by atoms with Crippen LogP contribution in [0, 0.1) is 17.8 Å². The van der Waals surface area contributed by atoms with Crippen molar-refractivity contribution < 1.29 is 4.74 Å². The second kappa shape index (κ2) is 6.60. The van der Waals surface area contributed by atoms with Crippen LogP contribution in [0.15, 0.2) is 16.8 Å².